The minimum absolute atomic E-state index is 0.0179. The quantitative estimate of drug-likeness (QED) is 0.248. The molecule has 4 aliphatic rings. The number of benzene rings is 2. The number of hydrogen-bond donors (Lipinski definition) is 5. The second-order valence-electron chi connectivity index (χ2n) is 14.6. The number of hydrogen-bond acceptors (Lipinski definition) is 8. The van der Waals surface area contributed by atoms with E-state index in [0.29, 0.717) is 24.0 Å². The van der Waals surface area contributed by atoms with E-state index in [9.17, 15) is 39.9 Å². The van der Waals surface area contributed by atoms with Crippen molar-refractivity contribution in [3.05, 3.63) is 98.8 Å². The summed E-state index contributed by atoms with van der Waals surface area (Å²) in [5.74, 6) is -7.11. The van der Waals surface area contributed by atoms with Crippen LogP contribution in [0.3, 0.4) is 0 Å². The molecule has 8 heteroatoms. The third kappa shape index (κ3) is 4.04. The van der Waals surface area contributed by atoms with Gasteiger partial charge in [-0.1, -0.05) is 94.3 Å². The van der Waals surface area contributed by atoms with Crippen LogP contribution in [0.4, 0.5) is 0 Å². The normalized spacial score (nSPS) is 32.0. The Morgan fingerprint density at radius 3 is 2.26 bits per heavy atom. The van der Waals surface area contributed by atoms with Crippen LogP contribution in [-0.4, -0.2) is 54.6 Å². The first kappa shape index (κ1) is 32.7. The molecule has 0 radical (unpaired) electrons. The highest BCUT2D eigenvalue weighted by atomic mass is 16.4. The number of rotatable bonds is 5. The molecule has 1 saturated carbocycles. The number of carbonyl (C=O) groups excluding carboxylic acids is 3. The fraction of sp³-hybridized carbons (Fsp3) is 0.410. The van der Waals surface area contributed by atoms with Crippen molar-refractivity contribution in [2.75, 3.05) is 0 Å². The highest BCUT2D eigenvalue weighted by Crippen LogP contribution is 2.67. The van der Waals surface area contributed by atoms with Gasteiger partial charge in [0, 0.05) is 16.7 Å². The van der Waals surface area contributed by atoms with Crippen LogP contribution in [0, 0.1) is 22.7 Å². The van der Waals surface area contributed by atoms with Gasteiger partial charge in [0.05, 0.1) is 17.2 Å². The van der Waals surface area contributed by atoms with Crippen LogP contribution < -0.4 is 0 Å². The minimum atomic E-state index is -2.91. The zero-order chi connectivity index (χ0) is 34.5. The van der Waals surface area contributed by atoms with Crippen LogP contribution in [0.2, 0.25) is 0 Å². The molecule has 0 bridgehead atoms. The average Bonchev–Trinajstić information content (AvgIpc) is 3.38. The van der Waals surface area contributed by atoms with Gasteiger partial charge in [-0.15, -0.1) is 0 Å². The lowest BCUT2D eigenvalue weighted by Crippen LogP contribution is -2.75. The first-order valence-electron chi connectivity index (χ1n) is 16.1. The summed E-state index contributed by atoms with van der Waals surface area (Å²) in [6.45, 7) is 11.3. The molecule has 0 saturated heterocycles. The predicted octanol–water partition coefficient (Wildman–Crippen LogP) is 6.07. The maximum atomic E-state index is 14.7. The van der Waals surface area contributed by atoms with Crippen LogP contribution in [0.25, 0.3) is 11.3 Å². The lowest BCUT2D eigenvalue weighted by Gasteiger charge is -2.63. The maximum absolute atomic E-state index is 14.7. The molecule has 47 heavy (non-hydrogen) atoms. The second kappa shape index (κ2) is 10.6. The third-order valence-electron chi connectivity index (χ3n) is 11.7. The van der Waals surface area contributed by atoms with Gasteiger partial charge in [-0.25, -0.2) is 0 Å². The Kier molecular flexibility index (Phi) is 7.38. The van der Waals surface area contributed by atoms with Crippen molar-refractivity contribution in [3.63, 3.8) is 0 Å². The van der Waals surface area contributed by atoms with Crippen molar-refractivity contribution in [1.82, 2.24) is 0 Å². The Labute approximate surface area is 274 Å². The van der Waals surface area contributed by atoms with E-state index >= 15 is 0 Å². The molecule has 6 rings (SSSR count). The smallest absolute Gasteiger partial charge is 0.203 e. The van der Waals surface area contributed by atoms with E-state index in [1.54, 1.807) is 39.8 Å². The van der Waals surface area contributed by atoms with Gasteiger partial charge in [0.1, 0.15) is 22.8 Å². The molecule has 2 aromatic rings. The number of phenolic OH excluding ortho intramolecular Hbond substituents is 1. The lowest BCUT2D eigenvalue weighted by atomic mass is 9.40. The van der Waals surface area contributed by atoms with Crippen LogP contribution in [-0.2, 0) is 20.8 Å². The summed E-state index contributed by atoms with van der Waals surface area (Å²) in [6, 6.07) is 13.6. The van der Waals surface area contributed by atoms with Crippen molar-refractivity contribution in [2.45, 2.75) is 78.9 Å². The lowest BCUT2D eigenvalue weighted by molar-refractivity contribution is -0.215. The minimum Gasteiger partial charge on any atom is -0.508 e. The van der Waals surface area contributed by atoms with Crippen LogP contribution in [0.1, 0.15) is 83.1 Å². The van der Waals surface area contributed by atoms with Gasteiger partial charge in [0.25, 0.3) is 0 Å². The van der Waals surface area contributed by atoms with Gasteiger partial charge in [0.15, 0.2) is 17.2 Å². The van der Waals surface area contributed by atoms with Gasteiger partial charge < -0.3 is 25.5 Å². The molecule has 4 aliphatic carbocycles. The Morgan fingerprint density at radius 2 is 1.66 bits per heavy atom. The number of allylic oxidation sites excluding steroid dienone is 5. The zero-order valence-corrected chi connectivity index (χ0v) is 27.8. The van der Waals surface area contributed by atoms with Crippen molar-refractivity contribution in [1.29, 1.82) is 0 Å². The van der Waals surface area contributed by atoms with Gasteiger partial charge in [-0.05, 0) is 60.8 Å². The average molecular weight is 639 g/mol. The topological polar surface area (TPSA) is 152 Å². The predicted molar refractivity (Wildman–Crippen MR) is 177 cm³/mol. The van der Waals surface area contributed by atoms with Crippen molar-refractivity contribution in [3.8, 4) is 5.75 Å². The summed E-state index contributed by atoms with van der Waals surface area (Å²) in [6.07, 6.45) is 1.54. The van der Waals surface area contributed by atoms with Crippen molar-refractivity contribution in [2.24, 2.45) is 22.7 Å². The summed E-state index contributed by atoms with van der Waals surface area (Å²) in [5, 5.41) is 59.7. The van der Waals surface area contributed by atoms with Crippen molar-refractivity contribution >= 4 is 28.7 Å². The zero-order valence-electron chi connectivity index (χ0n) is 27.8. The molecule has 1 fully saturated rings. The molecular formula is C39H42O8. The Hall–Kier alpha value is -4.27. The summed E-state index contributed by atoms with van der Waals surface area (Å²) in [5.41, 5.74) is -1.99. The molecule has 5 N–H and O–H groups in total. The summed E-state index contributed by atoms with van der Waals surface area (Å²) in [7, 11) is 0. The summed E-state index contributed by atoms with van der Waals surface area (Å²) in [4.78, 5) is 41.1. The van der Waals surface area contributed by atoms with Gasteiger partial charge >= 0.3 is 0 Å². The molecule has 0 aromatic heterocycles. The number of ketones is 3. The third-order valence-corrected chi connectivity index (χ3v) is 11.7. The molecule has 1 unspecified atom stereocenters. The molecule has 0 spiro atoms. The highest BCUT2D eigenvalue weighted by Gasteiger charge is 2.77. The molecule has 2 aromatic carbocycles. The second-order valence-corrected chi connectivity index (χ2v) is 14.6. The number of aliphatic hydroxyl groups is 4. The monoisotopic (exact) mass is 638 g/mol. The van der Waals surface area contributed by atoms with E-state index in [-0.39, 0.29) is 16.9 Å². The van der Waals surface area contributed by atoms with E-state index in [0.717, 1.165) is 23.6 Å². The molecule has 0 aliphatic heterocycles. The van der Waals surface area contributed by atoms with E-state index in [2.05, 4.69) is 13.0 Å². The fourth-order valence-electron chi connectivity index (χ4n) is 9.23. The molecular weight excluding hydrogens is 596 g/mol. The van der Waals surface area contributed by atoms with Gasteiger partial charge in [-0.3, -0.25) is 14.4 Å². The van der Waals surface area contributed by atoms with Gasteiger partial charge in [0.2, 0.25) is 5.78 Å². The number of fused-ring (bicyclic) bond motifs is 3. The Bertz CT molecular complexity index is 1890. The number of aliphatic hydroxyl groups excluding tert-OH is 3. The largest absolute Gasteiger partial charge is 0.508 e. The molecule has 0 amide bonds. The number of phenols is 1. The Morgan fingerprint density at radius 1 is 1.02 bits per heavy atom. The van der Waals surface area contributed by atoms with Crippen LogP contribution >= 0.6 is 0 Å². The fourth-order valence-corrected chi connectivity index (χ4v) is 9.23. The van der Waals surface area contributed by atoms with E-state index in [1.165, 1.54) is 12.5 Å². The number of carbonyl (C=O) groups is 3. The van der Waals surface area contributed by atoms with E-state index < -0.39 is 74.7 Å². The standard InChI is InChI=1S/C39H42O8/c1-18(2)29-32(42)27(21(5)40)34(44)39(47)35(45)30-33(43)28-25(20(4)37(30,6)36(46)38(29,39)7)14-13-24(31(28)41)16-22-15-19(3)26(17-22)23-11-9-8-10-12-23/h8-14,17-18,20,29,36,41,43-44,46-47H,15-16H2,1-7H3/t20-,29?,36-,37+,38+,39+/m1/s1. The molecule has 6 atom stereocenters. The number of aromatic hydroxyl groups is 1. The molecule has 0 heterocycles. The first-order valence-corrected chi connectivity index (χ1v) is 16.1. The highest BCUT2D eigenvalue weighted by molar-refractivity contribution is 6.24. The van der Waals surface area contributed by atoms with E-state index in [4.69, 9.17) is 0 Å². The van der Waals surface area contributed by atoms with Crippen LogP contribution in [0.15, 0.2) is 76.6 Å². The maximum Gasteiger partial charge on any atom is 0.203 e. The van der Waals surface area contributed by atoms with Crippen LogP contribution in [0.5, 0.6) is 5.75 Å². The number of Topliss-reactive ketones (excluding diaryl/α,β-unsaturated/α-hetero) is 3. The summed E-state index contributed by atoms with van der Waals surface area (Å²) < 4.78 is 0. The van der Waals surface area contributed by atoms with Crippen molar-refractivity contribution < 1.29 is 39.9 Å². The Balaban J connectivity index is 1.52. The molecule has 246 valence electrons. The SMILES string of the molecule is CC(=O)C1=C(O)[C@]2(O)C(=O)C3=C(O)c4c(ccc(CC5=CC(c6ccccc6)=C(C)C5)c4O)[C@@H](C)[C@]3(C)[C@@H](O)[C@]2(C)C(C(C)C)C1=O. The molecule has 8 nitrogen and oxygen atoms in total. The first-order chi connectivity index (χ1) is 21.9. The van der Waals surface area contributed by atoms with Gasteiger partial charge in [-0.2, -0.15) is 0 Å². The van der Waals surface area contributed by atoms with E-state index in [1.807, 2.05) is 30.3 Å². The summed E-state index contributed by atoms with van der Waals surface area (Å²) >= 11 is 0.